The van der Waals surface area contributed by atoms with E-state index in [1.807, 2.05) is 38.1 Å². The average molecular weight is 489 g/mol. The Morgan fingerprint density at radius 3 is 1.91 bits per heavy atom. The number of nitrogens with zero attached hydrogens (tertiary/aromatic N) is 1. The lowest BCUT2D eigenvalue weighted by Crippen LogP contribution is -2.55. The van der Waals surface area contributed by atoms with Crippen LogP contribution in [0.1, 0.15) is 17.4 Å². The van der Waals surface area contributed by atoms with Crippen molar-refractivity contribution in [1.29, 1.82) is 0 Å². The Morgan fingerprint density at radius 2 is 1.42 bits per heavy atom. The first-order valence-electron chi connectivity index (χ1n) is 10.2. The van der Waals surface area contributed by atoms with Crippen LogP contribution in [-0.2, 0) is 4.74 Å². The van der Waals surface area contributed by atoms with Crippen LogP contribution in [0.15, 0.2) is 80.2 Å². The zero-order valence-corrected chi connectivity index (χ0v) is 19.6. The van der Waals surface area contributed by atoms with Crippen LogP contribution in [0.25, 0.3) is 0 Å². The Bertz CT molecular complexity index is 1240. The molecule has 1 aliphatic rings. The molecule has 1 fully saturated rings. The number of hydrogen-bond donors (Lipinski definition) is 4. The fourth-order valence-corrected chi connectivity index (χ4v) is 6.18. The number of aliphatic hydroxyl groups is 3. The molecule has 2 heterocycles. The summed E-state index contributed by atoms with van der Waals surface area (Å²) >= 11 is 1.87. The van der Waals surface area contributed by atoms with Crippen LogP contribution in [0.3, 0.4) is 0 Å². The molecule has 0 amide bonds. The van der Waals surface area contributed by atoms with E-state index in [0.717, 1.165) is 45.3 Å². The smallest absolute Gasteiger partial charge is 0.330 e. The van der Waals surface area contributed by atoms with E-state index >= 15 is 0 Å². The Balaban J connectivity index is 1.85. The summed E-state index contributed by atoms with van der Waals surface area (Å²) in [6.45, 7) is 3.25. The third kappa shape index (κ3) is 4.42. The highest BCUT2D eigenvalue weighted by atomic mass is 32.2. The first-order chi connectivity index (χ1) is 15.7. The lowest BCUT2D eigenvalue weighted by Gasteiger charge is -2.39. The summed E-state index contributed by atoms with van der Waals surface area (Å²) in [6, 6.07) is 15.7. The van der Waals surface area contributed by atoms with Gasteiger partial charge < -0.3 is 20.1 Å². The molecule has 2 aromatic carbocycles. The van der Waals surface area contributed by atoms with E-state index in [-0.39, 0.29) is 0 Å². The summed E-state index contributed by atoms with van der Waals surface area (Å²) < 4.78 is 6.90. The number of H-pyrrole nitrogens is 1. The first kappa shape index (κ1) is 23.8. The molecule has 0 radical (unpaired) electrons. The molecule has 0 aliphatic carbocycles. The van der Waals surface area contributed by atoms with E-state index in [4.69, 9.17) is 4.74 Å². The van der Waals surface area contributed by atoms with E-state index in [1.54, 1.807) is 24.3 Å². The average Bonchev–Trinajstić information content (AvgIpc) is 2.98. The Kier molecular flexibility index (Phi) is 6.59. The second-order valence-corrected chi connectivity index (χ2v) is 10.5. The van der Waals surface area contributed by atoms with Crippen molar-refractivity contribution in [3.8, 4) is 0 Å². The van der Waals surface area contributed by atoms with Crippen molar-refractivity contribution in [3.63, 3.8) is 0 Å². The molecule has 3 aromatic rings. The molecule has 0 unspecified atom stereocenters. The number of benzene rings is 2. The van der Waals surface area contributed by atoms with Crippen molar-refractivity contribution in [2.45, 2.75) is 45.8 Å². The van der Waals surface area contributed by atoms with Gasteiger partial charge in [-0.15, -0.1) is 0 Å². The van der Waals surface area contributed by atoms with Crippen molar-refractivity contribution >= 4 is 23.5 Å². The number of hydrogen-bond acceptors (Lipinski definition) is 8. The maximum Gasteiger partial charge on any atom is 0.330 e. The maximum absolute atomic E-state index is 12.6. The molecular formula is C23H24N2O6S2. The van der Waals surface area contributed by atoms with Gasteiger partial charge in [-0.1, -0.05) is 58.9 Å². The predicted octanol–water partition coefficient (Wildman–Crippen LogP) is 2.00. The summed E-state index contributed by atoms with van der Waals surface area (Å²) in [5, 5.41) is 34.0. The molecule has 0 bridgehead atoms. The lowest BCUT2D eigenvalue weighted by atomic mass is 10.1. The van der Waals surface area contributed by atoms with Gasteiger partial charge >= 0.3 is 5.69 Å². The Hall–Kier alpha value is -2.34. The second-order valence-electron chi connectivity index (χ2n) is 7.90. The molecule has 4 N–H and O–H groups in total. The fraction of sp³-hybridized carbons (Fsp3) is 0.304. The van der Waals surface area contributed by atoms with Crippen LogP contribution in [0.5, 0.6) is 0 Å². The highest BCUT2D eigenvalue weighted by Crippen LogP contribution is 2.59. The fourth-order valence-electron chi connectivity index (χ4n) is 3.61. The summed E-state index contributed by atoms with van der Waals surface area (Å²) in [7, 11) is 0. The van der Waals surface area contributed by atoms with Crippen LogP contribution in [0.4, 0.5) is 0 Å². The van der Waals surface area contributed by atoms with Gasteiger partial charge in [0.2, 0.25) is 4.93 Å². The Labute approximate surface area is 198 Å². The minimum absolute atomic E-state index is 0.605. The number of aryl methyl sites for hydroxylation is 2. The number of aliphatic hydroxyl groups excluding tert-OH is 1. The Morgan fingerprint density at radius 1 is 0.909 bits per heavy atom. The largest absolute Gasteiger partial charge is 0.394 e. The molecule has 1 aromatic heterocycles. The van der Waals surface area contributed by atoms with E-state index in [0.29, 0.717) is 9.79 Å². The highest BCUT2D eigenvalue weighted by Gasteiger charge is 2.68. The number of ether oxygens (including phenoxy) is 1. The quantitative estimate of drug-likeness (QED) is 0.389. The van der Waals surface area contributed by atoms with E-state index in [9.17, 15) is 24.9 Å². The van der Waals surface area contributed by atoms with Crippen molar-refractivity contribution in [3.05, 3.63) is 92.8 Å². The molecule has 33 heavy (non-hydrogen) atoms. The van der Waals surface area contributed by atoms with E-state index in [2.05, 4.69) is 4.98 Å². The third-order valence-electron chi connectivity index (χ3n) is 5.44. The SMILES string of the molecule is Cc1ccc(S[C@]2(O)[C@@H](CO)O[C@@H](n3ccc(=O)[nH]c3=O)[C@@]2(O)Sc2ccc(C)cc2)cc1. The second kappa shape index (κ2) is 9.13. The lowest BCUT2D eigenvalue weighted by molar-refractivity contribution is -0.0629. The monoisotopic (exact) mass is 488 g/mol. The van der Waals surface area contributed by atoms with E-state index in [1.165, 1.54) is 6.20 Å². The van der Waals surface area contributed by atoms with Crippen molar-refractivity contribution < 1.29 is 20.1 Å². The third-order valence-corrected chi connectivity index (χ3v) is 8.29. The van der Waals surface area contributed by atoms with Gasteiger partial charge in [-0.25, -0.2) is 4.79 Å². The molecule has 1 aliphatic heterocycles. The highest BCUT2D eigenvalue weighted by molar-refractivity contribution is 8.04. The molecule has 0 spiro atoms. The van der Waals surface area contributed by atoms with Gasteiger partial charge in [0.15, 0.2) is 11.2 Å². The van der Waals surface area contributed by atoms with Gasteiger partial charge in [-0.2, -0.15) is 0 Å². The normalized spacial score (nSPS) is 27.1. The summed E-state index contributed by atoms with van der Waals surface area (Å²) in [5.74, 6) is 0. The number of thioether (sulfide) groups is 2. The maximum atomic E-state index is 12.6. The molecule has 0 saturated carbocycles. The summed E-state index contributed by atoms with van der Waals surface area (Å²) in [6.07, 6.45) is -1.45. The molecule has 1 saturated heterocycles. The van der Waals surface area contributed by atoms with Crippen LogP contribution >= 0.6 is 23.5 Å². The minimum atomic E-state index is -2.13. The van der Waals surface area contributed by atoms with Crippen LogP contribution in [0.2, 0.25) is 0 Å². The van der Waals surface area contributed by atoms with Gasteiger partial charge in [0.25, 0.3) is 5.56 Å². The minimum Gasteiger partial charge on any atom is -0.394 e. The van der Waals surface area contributed by atoms with Crippen molar-refractivity contribution in [2.75, 3.05) is 6.61 Å². The van der Waals surface area contributed by atoms with Crippen LogP contribution in [-0.4, -0.2) is 47.4 Å². The van der Waals surface area contributed by atoms with Gasteiger partial charge in [-0.05, 0) is 38.1 Å². The van der Waals surface area contributed by atoms with Gasteiger partial charge in [-0.3, -0.25) is 14.3 Å². The molecule has 4 rings (SSSR count). The van der Waals surface area contributed by atoms with Gasteiger partial charge in [0.05, 0.1) is 6.61 Å². The standard InChI is InChI=1S/C23H24N2O6S2/c1-14-3-7-16(8-4-14)32-22(29)18(13-26)31-20(25-12-11-19(27)24-21(25)28)23(22,30)33-17-9-5-15(2)6-10-17/h3-12,18,20,26,29-30H,13H2,1-2H3,(H,24,27,28)/t18-,20-,22-,23-/m1/s1. The number of aromatic amines is 1. The summed E-state index contributed by atoms with van der Waals surface area (Å²) in [5.41, 5.74) is 0.623. The predicted molar refractivity (Wildman–Crippen MR) is 126 cm³/mol. The van der Waals surface area contributed by atoms with Gasteiger partial charge in [0.1, 0.15) is 6.10 Å². The topological polar surface area (TPSA) is 125 Å². The molecule has 8 nitrogen and oxygen atoms in total. The van der Waals surface area contributed by atoms with E-state index < -0.39 is 40.1 Å². The van der Waals surface area contributed by atoms with Crippen LogP contribution in [0, 0.1) is 13.8 Å². The zero-order chi connectivity index (χ0) is 23.8. The molecular weight excluding hydrogens is 464 g/mol. The van der Waals surface area contributed by atoms with Crippen molar-refractivity contribution in [2.24, 2.45) is 0 Å². The molecule has 4 atom stereocenters. The van der Waals surface area contributed by atoms with Crippen LogP contribution < -0.4 is 11.2 Å². The molecule has 10 heteroatoms. The zero-order valence-electron chi connectivity index (χ0n) is 18.0. The molecule has 174 valence electrons. The first-order valence-corrected chi connectivity index (χ1v) is 11.8. The summed E-state index contributed by atoms with van der Waals surface area (Å²) in [4.78, 5) is 23.4. The van der Waals surface area contributed by atoms with Gasteiger partial charge in [0, 0.05) is 22.1 Å². The van der Waals surface area contributed by atoms with Crippen molar-refractivity contribution in [1.82, 2.24) is 9.55 Å². The number of aromatic nitrogens is 2. The number of rotatable bonds is 6. The number of nitrogens with one attached hydrogen (secondary N) is 1.